The van der Waals surface area contributed by atoms with Crippen LogP contribution in [-0.2, 0) is 0 Å². The van der Waals surface area contributed by atoms with E-state index >= 15 is 0 Å². The SMILES string of the molecule is C[C@H](N=Cc1ccc(-n2cnc3ccccc32)cc1)[C@H](O)c1ccccc1. The molecule has 4 rings (SSSR count). The van der Waals surface area contributed by atoms with Gasteiger partial charge < -0.3 is 5.11 Å². The molecule has 0 saturated carbocycles. The van der Waals surface area contributed by atoms with Crippen LogP contribution in [0, 0.1) is 0 Å². The lowest BCUT2D eigenvalue weighted by Gasteiger charge is -2.15. The van der Waals surface area contributed by atoms with Gasteiger partial charge in [-0.25, -0.2) is 4.98 Å². The lowest BCUT2D eigenvalue weighted by Crippen LogP contribution is -2.12. The average Bonchev–Trinajstić information content (AvgIpc) is 3.16. The van der Waals surface area contributed by atoms with Gasteiger partial charge in [0.1, 0.15) is 12.4 Å². The lowest BCUT2D eigenvalue weighted by molar-refractivity contribution is 0.154. The molecule has 0 spiro atoms. The zero-order chi connectivity index (χ0) is 18.6. The van der Waals surface area contributed by atoms with E-state index in [9.17, 15) is 5.11 Å². The molecular formula is C23H21N3O. The summed E-state index contributed by atoms with van der Waals surface area (Å²) in [5.41, 5.74) is 4.99. The highest BCUT2D eigenvalue weighted by Crippen LogP contribution is 2.20. The van der Waals surface area contributed by atoms with Gasteiger partial charge in [0, 0.05) is 11.9 Å². The number of rotatable bonds is 5. The minimum Gasteiger partial charge on any atom is -0.386 e. The molecule has 4 heteroatoms. The Kier molecular flexibility index (Phi) is 4.81. The number of hydrogen-bond acceptors (Lipinski definition) is 3. The fraction of sp³-hybridized carbons (Fsp3) is 0.130. The summed E-state index contributed by atoms with van der Waals surface area (Å²) < 4.78 is 2.07. The molecule has 1 heterocycles. The molecule has 0 amide bonds. The summed E-state index contributed by atoms with van der Waals surface area (Å²) >= 11 is 0. The van der Waals surface area contributed by atoms with Gasteiger partial charge in [-0.1, -0.05) is 54.6 Å². The fourth-order valence-corrected chi connectivity index (χ4v) is 3.10. The Morgan fingerprint density at radius 2 is 1.63 bits per heavy atom. The summed E-state index contributed by atoms with van der Waals surface area (Å²) in [6.45, 7) is 1.92. The number of aliphatic imine (C=N–C) groups is 1. The average molecular weight is 355 g/mol. The number of para-hydroxylation sites is 2. The number of aliphatic hydroxyl groups excluding tert-OH is 1. The Bertz CT molecular complexity index is 1050. The van der Waals surface area contributed by atoms with Crippen LogP contribution in [-0.4, -0.2) is 26.9 Å². The Hall–Kier alpha value is -3.24. The van der Waals surface area contributed by atoms with Crippen molar-refractivity contribution in [1.82, 2.24) is 9.55 Å². The first-order valence-corrected chi connectivity index (χ1v) is 9.01. The molecular weight excluding hydrogens is 334 g/mol. The van der Waals surface area contributed by atoms with Crippen LogP contribution < -0.4 is 0 Å². The predicted octanol–water partition coefficient (Wildman–Crippen LogP) is 4.57. The normalized spacial score (nSPS) is 13.9. The smallest absolute Gasteiger partial charge is 0.101 e. The Labute approximate surface area is 158 Å². The van der Waals surface area contributed by atoms with E-state index in [2.05, 4.69) is 20.6 Å². The van der Waals surface area contributed by atoms with Crippen LogP contribution in [0.1, 0.15) is 24.2 Å². The second-order valence-corrected chi connectivity index (χ2v) is 6.57. The van der Waals surface area contributed by atoms with Crippen molar-refractivity contribution in [3.8, 4) is 5.69 Å². The van der Waals surface area contributed by atoms with Crippen molar-refractivity contribution in [2.45, 2.75) is 19.1 Å². The Morgan fingerprint density at radius 1 is 0.926 bits per heavy atom. The molecule has 3 aromatic carbocycles. The van der Waals surface area contributed by atoms with E-state index in [1.54, 1.807) is 0 Å². The van der Waals surface area contributed by atoms with Crippen molar-refractivity contribution in [3.05, 3.63) is 96.3 Å². The second-order valence-electron chi connectivity index (χ2n) is 6.57. The first kappa shape index (κ1) is 17.2. The molecule has 0 radical (unpaired) electrons. The van der Waals surface area contributed by atoms with Gasteiger partial charge in [0.05, 0.1) is 17.1 Å². The van der Waals surface area contributed by atoms with Gasteiger partial charge in [-0.05, 0) is 42.3 Å². The molecule has 0 fully saturated rings. The van der Waals surface area contributed by atoms with Crippen LogP contribution in [0.2, 0.25) is 0 Å². The fourth-order valence-electron chi connectivity index (χ4n) is 3.10. The van der Waals surface area contributed by atoms with E-state index in [4.69, 9.17) is 0 Å². The third kappa shape index (κ3) is 3.66. The van der Waals surface area contributed by atoms with Gasteiger partial charge in [-0.2, -0.15) is 0 Å². The van der Waals surface area contributed by atoms with Gasteiger partial charge in [0.25, 0.3) is 0 Å². The highest BCUT2D eigenvalue weighted by atomic mass is 16.3. The maximum Gasteiger partial charge on any atom is 0.101 e. The minimum absolute atomic E-state index is 0.218. The topological polar surface area (TPSA) is 50.4 Å². The summed E-state index contributed by atoms with van der Waals surface area (Å²) in [7, 11) is 0. The first-order valence-electron chi connectivity index (χ1n) is 9.01. The molecule has 1 aromatic heterocycles. The van der Waals surface area contributed by atoms with Crippen LogP contribution in [0.4, 0.5) is 0 Å². The molecule has 0 bridgehead atoms. The number of hydrogen-bond donors (Lipinski definition) is 1. The molecule has 0 aliphatic rings. The van der Waals surface area contributed by atoms with Crippen LogP contribution in [0.25, 0.3) is 16.7 Å². The van der Waals surface area contributed by atoms with E-state index < -0.39 is 6.10 Å². The quantitative estimate of drug-likeness (QED) is 0.533. The van der Waals surface area contributed by atoms with Gasteiger partial charge >= 0.3 is 0 Å². The summed E-state index contributed by atoms with van der Waals surface area (Å²) in [5, 5.41) is 10.4. The van der Waals surface area contributed by atoms with Crippen LogP contribution in [0.15, 0.2) is 90.2 Å². The van der Waals surface area contributed by atoms with Crippen molar-refractivity contribution < 1.29 is 5.11 Å². The molecule has 134 valence electrons. The van der Waals surface area contributed by atoms with E-state index in [0.29, 0.717) is 0 Å². The molecule has 2 atom stereocenters. The standard InChI is InChI=1S/C23H21N3O/c1-17(23(27)19-7-3-2-4-8-19)24-15-18-11-13-20(14-12-18)26-16-25-21-9-5-6-10-22(21)26/h2-17,23,27H,1H3/t17-,23-/m0/s1. The largest absolute Gasteiger partial charge is 0.386 e. The van der Waals surface area contributed by atoms with Crippen molar-refractivity contribution >= 4 is 17.2 Å². The monoisotopic (exact) mass is 355 g/mol. The van der Waals surface area contributed by atoms with Gasteiger partial charge in [-0.3, -0.25) is 9.56 Å². The predicted molar refractivity (Wildman–Crippen MR) is 110 cm³/mol. The van der Waals surface area contributed by atoms with Crippen molar-refractivity contribution in [3.63, 3.8) is 0 Å². The van der Waals surface area contributed by atoms with Crippen LogP contribution in [0.5, 0.6) is 0 Å². The summed E-state index contributed by atoms with van der Waals surface area (Å²) in [6, 6.07) is 25.6. The Balaban J connectivity index is 1.50. The molecule has 4 aromatic rings. The van der Waals surface area contributed by atoms with Crippen molar-refractivity contribution in [2.24, 2.45) is 4.99 Å². The van der Waals surface area contributed by atoms with Crippen molar-refractivity contribution in [2.75, 3.05) is 0 Å². The highest BCUT2D eigenvalue weighted by Gasteiger charge is 2.14. The molecule has 0 unspecified atom stereocenters. The maximum absolute atomic E-state index is 10.4. The summed E-state index contributed by atoms with van der Waals surface area (Å²) in [5.74, 6) is 0. The minimum atomic E-state index is -0.612. The zero-order valence-corrected chi connectivity index (χ0v) is 15.1. The van der Waals surface area contributed by atoms with Gasteiger partial charge in [0.15, 0.2) is 0 Å². The number of nitrogens with zero attached hydrogens (tertiary/aromatic N) is 3. The van der Waals surface area contributed by atoms with Gasteiger partial charge in [0.2, 0.25) is 0 Å². The summed E-state index contributed by atoms with van der Waals surface area (Å²) in [4.78, 5) is 8.95. The number of benzene rings is 3. The lowest BCUT2D eigenvalue weighted by atomic mass is 10.0. The number of imidazole rings is 1. The molecule has 27 heavy (non-hydrogen) atoms. The van der Waals surface area contributed by atoms with Gasteiger partial charge in [-0.15, -0.1) is 0 Å². The molecule has 4 nitrogen and oxygen atoms in total. The first-order chi connectivity index (χ1) is 13.2. The van der Waals surface area contributed by atoms with Crippen LogP contribution >= 0.6 is 0 Å². The molecule has 0 aliphatic carbocycles. The molecule has 1 N–H and O–H groups in total. The Morgan fingerprint density at radius 3 is 2.41 bits per heavy atom. The van der Waals surface area contributed by atoms with E-state index in [-0.39, 0.29) is 6.04 Å². The number of fused-ring (bicyclic) bond motifs is 1. The highest BCUT2D eigenvalue weighted by molar-refractivity contribution is 5.81. The molecule has 0 aliphatic heterocycles. The maximum atomic E-state index is 10.4. The van der Waals surface area contributed by atoms with Crippen LogP contribution in [0.3, 0.4) is 0 Å². The number of aliphatic hydroxyl groups is 1. The summed E-state index contributed by atoms with van der Waals surface area (Å²) in [6.07, 6.45) is 3.04. The van der Waals surface area contributed by atoms with E-state index in [1.807, 2.05) is 92.3 Å². The van der Waals surface area contributed by atoms with Crippen molar-refractivity contribution in [1.29, 1.82) is 0 Å². The number of aromatic nitrogens is 2. The molecule has 0 saturated heterocycles. The zero-order valence-electron chi connectivity index (χ0n) is 15.1. The van der Waals surface area contributed by atoms with E-state index in [0.717, 1.165) is 27.8 Å². The second kappa shape index (κ2) is 7.56. The third-order valence-electron chi connectivity index (χ3n) is 4.68. The third-order valence-corrected chi connectivity index (χ3v) is 4.68. The van der Waals surface area contributed by atoms with E-state index in [1.165, 1.54) is 0 Å².